The van der Waals surface area contributed by atoms with E-state index in [0.717, 1.165) is 32.5 Å². The number of ether oxygens (including phenoxy) is 2. The molecule has 0 radical (unpaired) electrons. The van der Waals surface area contributed by atoms with E-state index >= 15 is 0 Å². The smallest absolute Gasteiger partial charge is 0.308 e. The maximum Gasteiger partial charge on any atom is 0.308 e. The van der Waals surface area contributed by atoms with Gasteiger partial charge in [-0.15, -0.1) is 0 Å². The van der Waals surface area contributed by atoms with Crippen LogP contribution in [-0.2, 0) is 16.0 Å². The van der Waals surface area contributed by atoms with E-state index in [1.165, 1.54) is 24.5 Å². The number of carbonyl (C=O) groups is 1. The Morgan fingerprint density at radius 1 is 1.48 bits per heavy atom. The molecule has 0 aromatic heterocycles. The number of hydrogen-bond acceptors (Lipinski definition) is 4. The third-order valence-corrected chi connectivity index (χ3v) is 4.40. The lowest BCUT2D eigenvalue weighted by Gasteiger charge is -2.44. The number of esters is 1. The van der Waals surface area contributed by atoms with E-state index in [1.807, 2.05) is 12.1 Å². The van der Waals surface area contributed by atoms with Gasteiger partial charge >= 0.3 is 5.97 Å². The minimum absolute atomic E-state index is 0.115. The van der Waals surface area contributed by atoms with E-state index in [9.17, 15) is 4.79 Å². The zero-order chi connectivity index (χ0) is 14.8. The highest BCUT2D eigenvalue weighted by molar-refractivity contribution is 5.69. The first-order valence-electron chi connectivity index (χ1n) is 7.86. The Labute approximate surface area is 126 Å². The van der Waals surface area contributed by atoms with Crippen molar-refractivity contribution in [3.8, 4) is 5.75 Å². The third-order valence-electron chi connectivity index (χ3n) is 4.40. The molecule has 0 saturated carbocycles. The molecule has 1 fully saturated rings. The number of benzene rings is 1. The molecule has 1 heterocycles. The van der Waals surface area contributed by atoms with Gasteiger partial charge in [-0.1, -0.05) is 13.0 Å². The van der Waals surface area contributed by atoms with Crippen LogP contribution in [0.2, 0.25) is 0 Å². The molecule has 3 rings (SSSR count). The number of aryl methyl sites for hydroxylation is 1. The zero-order valence-corrected chi connectivity index (χ0v) is 12.8. The van der Waals surface area contributed by atoms with Gasteiger partial charge in [-0.05, 0) is 49.1 Å². The van der Waals surface area contributed by atoms with Crippen LogP contribution in [0.1, 0.15) is 43.9 Å². The number of hydrogen-bond donors (Lipinski definition) is 0. The Morgan fingerprint density at radius 2 is 2.33 bits per heavy atom. The van der Waals surface area contributed by atoms with Crippen molar-refractivity contribution < 1.29 is 14.3 Å². The molecule has 1 aliphatic carbocycles. The summed E-state index contributed by atoms with van der Waals surface area (Å²) in [7, 11) is 0. The minimum Gasteiger partial charge on any atom is -0.427 e. The van der Waals surface area contributed by atoms with Gasteiger partial charge < -0.3 is 9.47 Å². The Bertz CT molecular complexity index is 527. The summed E-state index contributed by atoms with van der Waals surface area (Å²) in [6.45, 7) is 6.58. The number of rotatable bonds is 3. The van der Waals surface area contributed by atoms with Crippen molar-refractivity contribution in [1.29, 1.82) is 0 Å². The van der Waals surface area contributed by atoms with Crippen LogP contribution in [0.4, 0.5) is 0 Å². The summed E-state index contributed by atoms with van der Waals surface area (Å²) < 4.78 is 11.3. The van der Waals surface area contributed by atoms with Crippen LogP contribution in [0.3, 0.4) is 0 Å². The van der Waals surface area contributed by atoms with E-state index in [2.05, 4.69) is 17.9 Å². The lowest BCUT2D eigenvalue weighted by molar-refractivity contribution is -0.131. The molecule has 1 aliphatic heterocycles. The molecule has 0 bridgehead atoms. The zero-order valence-electron chi connectivity index (χ0n) is 12.8. The second kappa shape index (κ2) is 6.16. The fourth-order valence-electron chi connectivity index (χ4n) is 3.56. The van der Waals surface area contributed by atoms with Gasteiger partial charge in [0.15, 0.2) is 0 Å². The maximum atomic E-state index is 11.1. The molecule has 1 aromatic carbocycles. The van der Waals surface area contributed by atoms with E-state index in [4.69, 9.17) is 9.47 Å². The molecule has 1 aromatic rings. The van der Waals surface area contributed by atoms with E-state index in [1.54, 1.807) is 0 Å². The topological polar surface area (TPSA) is 38.8 Å². The normalized spacial score (nSPS) is 25.0. The molecule has 2 aliphatic rings. The fraction of sp³-hybridized carbons (Fsp3) is 0.588. The van der Waals surface area contributed by atoms with Crippen LogP contribution in [0.15, 0.2) is 18.2 Å². The largest absolute Gasteiger partial charge is 0.427 e. The number of fused-ring (bicyclic) bond motifs is 3. The molecule has 0 amide bonds. The Balaban J connectivity index is 1.88. The van der Waals surface area contributed by atoms with Gasteiger partial charge in [0.1, 0.15) is 5.75 Å². The average Bonchev–Trinajstić information content (AvgIpc) is 2.47. The van der Waals surface area contributed by atoms with Gasteiger partial charge in [-0.2, -0.15) is 0 Å². The molecule has 0 N–H and O–H groups in total. The van der Waals surface area contributed by atoms with Crippen molar-refractivity contribution >= 4 is 5.97 Å². The first kappa shape index (κ1) is 14.5. The summed E-state index contributed by atoms with van der Waals surface area (Å²) in [5.41, 5.74) is 2.52. The molecule has 0 unspecified atom stereocenters. The standard InChI is InChI=1S/C17H23NO3/c1-3-8-18-9-10-20-17-15-11-14(21-12(2)19)6-4-13(15)5-7-16(17)18/h4,6,11,16-17H,3,5,7-10H2,1-2H3/t16-,17-/m1/s1. The van der Waals surface area contributed by atoms with Crippen LogP contribution in [0.5, 0.6) is 5.75 Å². The van der Waals surface area contributed by atoms with Gasteiger partial charge in [-0.25, -0.2) is 0 Å². The van der Waals surface area contributed by atoms with E-state index < -0.39 is 0 Å². The van der Waals surface area contributed by atoms with Crippen LogP contribution in [-0.4, -0.2) is 36.6 Å². The van der Waals surface area contributed by atoms with E-state index in [-0.39, 0.29) is 12.1 Å². The van der Waals surface area contributed by atoms with Crippen LogP contribution >= 0.6 is 0 Å². The highest BCUT2D eigenvalue weighted by Crippen LogP contribution is 2.39. The Morgan fingerprint density at radius 3 is 3.10 bits per heavy atom. The van der Waals surface area contributed by atoms with Crippen molar-refractivity contribution in [2.75, 3.05) is 19.7 Å². The summed E-state index contributed by atoms with van der Waals surface area (Å²) in [6.07, 6.45) is 3.50. The molecule has 4 nitrogen and oxygen atoms in total. The van der Waals surface area contributed by atoms with Gasteiger partial charge in [0.05, 0.1) is 12.7 Å². The van der Waals surface area contributed by atoms with Gasteiger partial charge in [-0.3, -0.25) is 9.69 Å². The molecule has 21 heavy (non-hydrogen) atoms. The van der Waals surface area contributed by atoms with Crippen molar-refractivity contribution in [3.63, 3.8) is 0 Å². The van der Waals surface area contributed by atoms with Gasteiger partial charge in [0, 0.05) is 19.5 Å². The predicted molar refractivity (Wildman–Crippen MR) is 80.4 cm³/mol. The third kappa shape index (κ3) is 2.97. The van der Waals surface area contributed by atoms with E-state index in [0.29, 0.717) is 11.8 Å². The number of nitrogens with zero attached hydrogens (tertiary/aromatic N) is 1. The first-order valence-corrected chi connectivity index (χ1v) is 7.86. The van der Waals surface area contributed by atoms with Gasteiger partial charge in [0.2, 0.25) is 0 Å². The second-order valence-corrected chi connectivity index (χ2v) is 5.89. The Kier molecular flexibility index (Phi) is 4.27. The summed E-state index contributed by atoms with van der Waals surface area (Å²) >= 11 is 0. The summed E-state index contributed by atoms with van der Waals surface area (Å²) in [5, 5.41) is 0. The van der Waals surface area contributed by atoms with Crippen molar-refractivity contribution in [2.45, 2.75) is 45.3 Å². The van der Waals surface area contributed by atoms with Crippen LogP contribution in [0, 0.1) is 0 Å². The quantitative estimate of drug-likeness (QED) is 0.633. The molecular formula is C17H23NO3. The highest BCUT2D eigenvalue weighted by atomic mass is 16.5. The highest BCUT2D eigenvalue weighted by Gasteiger charge is 2.37. The second-order valence-electron chi connectivity index (χ2n) is 5.89. The van der Waals surface area contributed by atoms with Crippen molar-refractivity contribution in [3.05, 3.63) is 29.3 Å². The van der Waals surface area contributed by atoms with Gasteiger partial charge in [0.25, 0.3) is 0 Å². The molecule has 0 spiro atoms. The fourth-order valence-corrected chi connectivity index (χ4v) is 3.56. The molecular weight excluding hydrogens is 266 g/mol. The molecule has 1 saturated heterocycles. The van der Waals surface area contributed by atoms with Crippen molar-refractivity contribution in [1.82, 2.24) is 4.90 Å². The summed E-state index contributed by atoms with van der Waals surface area (Å²) in [5.74, 6) is 0.345. The SMILES string of the molecule is CCCN1CCO[C@@H]2c3cc(OC(C)=O)ccc3CC[C@H]21. The summed E-state index contributed by atoms with van der Waals surface area (Å²) in [6, 6.07) is 6.40. The molecule has 114 valence electrons. The van der Waals surface area contributed by atoms with Crippen molar-refractivity contribution in [2.24, 2.45) is 0 Å². The predicted octanol–water partition coefficient (Wildman–Crippen LogP) is 2.71. The lowest BCUT2D eigenvalue weighted by Crippen LogP contribution is -2.49. The minimum atomic E-state index is -0.278. The first-order chi connectivity index (χ1) is 10.2. The molecule has 4 heteroatoms. The van der Waals surface area contributed by atoms with Crippen LogP contribution in [0.25, 0.3) is 0 Å². The number of morpholine rings is 1. The number of carbonyl (C=O) groups excluding carboxylic acids is 1. The maximum absolute atomic E-state index is 11.1. The monoisotopic (exact) mass is 289 g/mol. The summed E-state index contributed by atoms with van der Waals surface area (Å²) in [4.78, 5) is 13.7. The molecule has 2 atom stereocenters. The Hall–Kier alpha value is -1.39. The van der Waals surface area contributed by atoms with Crippen LogP contribution < -0.4 is 4.74 Å². The lowest BCUT2D eigenvalue weighted by atomic mass is 9.84. The average molecular weight is 289 g/mol.